The fourth-order valence-electron chi connectivity index (χ4n) is 2.09. The van der Waals surface area contributed by atoms with Crippen LogP contribution in [-0.2, 0) is 4.79 Å². The van der Waals surface area contributed by atoms with E-state index in [2.05, 4.69) is 21.2 Å². The molecule has 1 rings (SSSR count). The lowest BCUT2D eigenvalue weighted by Gasteiger charge is -2.18. The molecule has 0 aliphatic heterocycles. The third-order valence-electron chi connectivity index (χ3n) is 3.36. The predicted octanol–water partition coefficient (Wildman–Crippen LogP) is 3.24. The second-order valence-electron chi connectivity index (χ2n) is 5.24. The molecule has 5 nitrogen and oxygen atoms in total. The highest BCUT2D eigenvalue weighted by Crippen LogP contribution is 2.25. The van der Waals surface area contributed by atoms with Gasteiger partial charge in [0, 0.05) is 16.2 Å². The van der Waals surface area contributed by atoms with Gasteiger partial charge in [-0.2, -0.15) is 0 Å². The van der Waals surface area contributed by atoms with E-state index >= 15 is 0 Å². The van der Waals surface area contributed by atoms with Gasteiger partial charge in [0.25, 0.3) is 5.91 Å². The van der Waals surface area contributed by atoms with Gasteiger partial charge >= 0.3 is 5.97 Å². The summed E-state index contributed by atoms with van der Waals surface area (Å²) in [6, 6.07) is 5.53. The maximum Gasteiger partial charge on any atom is 0.306 e. The molecule has 1 amide bonds. The first kappa shape index (κ1) is 17.5. The second-order valence-corrected chi connectivity index (χ2v) is 6.10. The summed E-state index contributed by atoms with van der Waals surface area (Å²) in [5.74, 6) is -1.58. The third-order valence-corrected chi connectivity index (χ3v) is 4.02. The molecule has 1 aromatic carbocycles. The minimum absolute atomic E-state index is 0.124. The Hall–Kier alpha value is -1.56. The molecule has 0 radical (unpaired) electrons. The van der Waals surface area contributed by atoms with E-state index in [9.17, 15) is 9.59 Å². The molecule has 2 unspecified atom stereocenters. The normalized spacial score (nSPS) is 13.5. The summed E-state index contributed by atoms with van der Waals surface area (Å²) < 4.78 is 0.659. The summed E-state index contributed by atoms with van der Waals surface area (Å²) >= 11 is 3.32. The number of hydrogen-bond acceptors (Lipinski definition) is 3. The zero-order chi connectivity index (χ0) is 16.0. The van der Waals surface area contributed by atoms with Crippen LogP contribution in [0.4, 0.5) is 5.69 Å². The zero-order valence-corrected chi connectivity index (χ0v) is 13.8. The van der Waals surface area contributed by atoms with Crippen LogP contribution in [0, 0.1) is 5.92 Å². The van der Waals surface area contributed by atoms with E-state index in [1.54, 1.807) is 19.1 Å². The number of halogens is 1. The quantitative estimate of drug-likeness (QED) is 0.666. The van der Waals surface area contributed by atoms with Gasteiger partial charge in [-0.25, -0.2) is 0 Å². The van der Waals surface area contributed by atoms with Gasteiger partial charge in [0.2, 0.25) is 0 Å². The Morgan fingerprint density at radius 3 is 2.57 bits per heavy atom. The second kappa shape index (κ2) is 8.02. The number of aliphatic carboxylic acids is 1. The fraction of sp³-hybridized carbons (Fsp3) is 0.467. The highest BCUT2D eigenvalue weighted by Gasteiger charge is 2.15. The van der Waals surface area contributed by atoms with Crippen LogP contribution in [0.5, 0.6) is 0 Å². The Bertz CT molecular complexity index is 520. The largest absolute Gasteiger partial charge is 0.481 e. The summed E-state index contributed by atoms with van der Waals surface area (Å²) in [6.07, 6.45) is 2.27. The van der Waals surface area contributed by atoms with E-state index in [1.807, 2.05) is 13.0 Å². The van der Waals surface area contributed by atoms with Gasteiger partial charge in [-0.3, -0.25) is 9.59 Å². The number of carboxylic acids is 1. The zero-order valence-electron chi connectivity index (χ0n) is 12.2. The lowest BCUT2D eigenvalue weighted by atomic mass is 10.0. The number of carboxylic acid groups (broad SMARTS) is 1. The molecule has 0 fully saturated rings. The van der Waals surface area contributed by atoms with Gasteiger partial charge < -0.3 is 16.2 Å². The van der Waals surface area contributed by atoms with Crippen molar-refractivity contribution in [3.63, 3.8) is 0 Å². The number of carbonyl (C=O) groups excluding carboxylic acids is 1. The number of primary amides is 1. The maximum absolute atomic E-state index is 11.5. The SMILES string of the molecule is CC(CCCC(C)C(=O)O)Nc1cccc(Br)c1C(N)=O. The van der Waals surface area contributed by atoms with Crippen LogP contribution in [0.2, 0.25) is 0 Å². The number of anilines is 1. The molecular weight excluding hydrogens is 336 g/mol. The molecule has 0 spiro atoms. The van der Waals surface area contributed by atoms with Gasteiger partial charge in [-0.15, -0.1) is 0 Å². The molecule has 0 saturated carbocycles. The molecule has 6 heteroatoms. The molecule has 0 heterocycles. The van der Waals surface area contributed by atoms with Crippen molar-refractivity contribution >= 4 is 33.5 Å². The minimum atomic E-state index is -0.765. The maximum atomic E-state index is 11.5. The topological polar surface area (TPSA) is 92.4 Å². The number of rotatable bonds is 8. The highest BCUT2D eigenvalue weighted by atomic mass is 79.9. The first-order chi connectivity index (χ1) is 9.82. The van der Waals surface area contributed by atoms with Crippen LogP contribution in [0.1, 0.15) is 43.5 Å². The molecule has 0 aliphatic rings. The molecule has 4 N–H and O–H groups in total. The summed E-state index contributed by atoms with van der Waals surface area (Å²) in [7, 11) is 0. The fourth-order valence-corrected chi connectivity index (χ4v) is 2.65. The molecule has 0 bridgehead atoms. The molecule has 116 valence electrons. The summed E-state index contributed by atoms with van der Waals surface area (Å²) in [6.45, 7) is 3.71. The number of carbonyl (C=O) groups is 2. The monoisotopic (exact) mass is 356 g/mol. The third kappa shape index (κ3) is 5.38. The first-order valence-corrected chi connectivity index (χ1v) is 7.70. The first-order valence-electron chi connectivity index (χ1n) is 6.90. The molecule has 1 aromatic rings. The van der Waals surface area contributed by atoms with Crippen molar-refractivity contribution in [1.29, 1.82) is 0 Å². The van der Waals surface area contributed by atoms with Crippen LogP contribution in [0.3, 0.4) is 0 Å². The summed E-state index contributed by atoms with van der Waals surface area (Å²) in [4.78, 5) is 22.2. The van der Waals surface area contributed by atoms with Crippen LogP contribution in [-0.4, -0.2) is 23.0 Å². The number of benzene rings is 1. The average Bonchev–Trinajstić information content (AvgIpc) is 2.37. The van der Waals surface area contributed by atoms with Gasteiger partial charge in [0.1, 0.15) is 0 Å². The Morgan fingerprint density at radius 2 is 2.00 bits per heavy atom. The molecule has 0 aromatic heterocycles. The van der Waals surface area contributed by atoms with Crippen molar-refractivity contribution < 1.29 is 14.7 Å². The molecular formula is C15H21BrN2O3. The molecule has 0 aliphatic carbocycles. The minimum Gasteiger partial charge on any atom is -0.481 e. The van der Waals surface area contributed by atoms with Crippen molar-refractivity contribution in [2.75, 3.05) is 5.32 Å². The lowest BCUT2D eigenvalue weighted by molar-refractivity contribution is -0.141. The average molecular weight is 357 g/mol. The number of hydrogen-bond donors (Lipinski definition) is 3. The van der Waals surface area contributed by atoms with Crippen LogP contribution in [0.25, 0.3) is 0 Å². The lowest BCUT2D eigenvalue weighted by Crippen LogP contribution is -2.20. The van der Waals surface area contributed by atoms with Crippen molar-refractivity contribution in [1.82, 2.24) is 0 Å². The van der Waals surface area contributed by atoms with E-state index < -0.39 is 11.9 Å². The van der Waals surface area contributed by atoms with E-state index in [4.69, 9.17) is 10.8 Å². The molecule has 2 atom stereocenters. The van der Waals surface area contributed by atoms with Crippen molar-refractivity contribution in [2.24, 2.45) is 11.7 Å². The number of nitrogens with two attached hydrogens (primary N) is 1. The van der Waals surface area contributed by atoms with E-state index in [1.165, 1.54) is 0 Å². The van der Waals surface area contributed by atoms with Crippen molar-refractivity contribution in [3.05, 3.63) is 28.2 Å². The van der Waals surface area contributed by atoms with E-state index in [-0.39, 0.29) is 12.0 Å². The van der Waals surface area contributed by atoms with Gasteiger partial charge in [0.05, 0.1) is 11.5 Å². The van der Waals surface area contributed by atoms with Gasteiger partial charge in [-0.05, 0) is 47.8 Å². The smallest absolute Gasteiger partial charge is 0.306 e. The Morgan fingerprint density at radius 1 is 1.33 bits per heavy atom. The van der Waals surface area contributed by atoms with Gasteiger partial charge in [-0.1, -0.05) is 19.4 Å². The van der Waals surface area contributed by atoms with E-state index in [0.717, 1.165) is 12.8 Å². The Labute approximate surface area is 133 Å². The summed E-state index contributed by atoms with van der Waals surface area (Å²) in [5, 5.41) is 12.1. The van der Waals surface area contributed by atoms with Crippen LogP contribution >= 0.6 is 15.9 Å². The molecule has 0 saturated heterocycles. The van der Waals surface area contributed by atoms with Crippen LogP contribution in [0.15, 0.2) is 22.7 Å². The summed E-state index contributed by atoms with van der Waals surface area (Å²) in [5.41, 5.74) is 6.51. The Balaban J connectivity index is 2.59. The number of nitrogens with one attached hydrogen (secondary N) is 1. The highest BCUT2D eigenvalue weighted by molar-refractivity contribution is 9.10. The van der Waals surface area contributed by atoms with Crippen molar-refractivity contribution in [3.8, 4) is 0 Å². The molecule has 21 heavy (non-hydrogen) atoms. The van der Waals surface area contributed by atoms with E-state index in [0.29, 0.717) is 22.1 Å². The predicted molar refractivity (Wildman–Crippen MR) is 86.4 cm³/mol. The van der Waals surface area contributed by atoms with Crippen LogP contribution < -0.4 is 11.1 Å². The van der Waals surface area contributed by atoms with Gasteiger partial charge in [0.15, 0.2) is 0 Å². The van der Waals surface area contributed by atoms with Crippen molar-refractivity contribution in [2.45, 2.75) is 39.2 Å². The number of amides is 1. The standard InChI is InChI=1S/C15H21BrN2O3/c1-9(15(20)21)5-3-6-10(2)18-12-8-4-7-11(16)13(12)14(17)19/h4,7-10,18H,3,5-6H2,1-2H3,(H2,17,19)(H,20,21). The Kier molecular flexibility index (Phi) is 6.68.